The highest BCUT2D eigenvalue weighted by molar-refractivity contribution is 14.1. The lowest BCUT2D eigenvalue weighted by Gasteiger charge is -2.09. The monoisotopic (exact) mass is 216 g/mol. The summed E-state index contributed by atoms with van der Waals surface area (Å²) in [5, 5.41) is 8.17. The molecule has 0 bridgehead atoms. The van der Waals surface area contributed by atoms with Gasteiger partial charge in [-0.15, -0.1) is 0 Å². The molecule has 44 valence electrons. The standard InChI is InChI=1S/C3H9IN2O/c1-2(6-7)3(4)5/h2-3,6-7H,5H2,1H3. The van der Waals surface area contributed by atoms with Crippen molar-refractivity contribution < 1.29 is 5.21 Å². The zero-order valence-corrected chi connectivity index (χ0v) is 6.21. The number of hydrogen-bond acceptors (Lipinski definition) is 3. The Kier molecular flexibility index (Phi) is 3.91. The minimum atomic E-state index is -0.0272. The molecule has 0 rings (SSSR count). The van der Waals surface area contributed by atoms with Crippen LogP contribution in [0.25, 0.3) is 0 Å². The molecule has 0 aliphatic heterocycles. The molecule has 0 aliphatic rings. The van der Waals surface area contributed by atoms with Gasteiger partial charge in [-0.05, 0) is 6.92 Å². The zero-order valence-electron chi connectivity index (χ0n) is 4.06. The average Bonchev–Trinajstić information content (AvgIpc) is 1.65. The van der Waals surface area contributed by atoms with Crippen LogP contribution in [0.15, 0.2) is 0 Å². The number of halogens is 1. The summed E-state index contributed by atoms with van der Waals surface area (Å²) in [6, 6.07) is -0.0272. The number of hydrogen-bond donors (Lipinski definition) is 3. The summed E-state index contributed by atoms with van der Waals surface area (Å²) in [7, 11) is 0. The van der Waals surface area contributed by atoms with Crippen molar-refractivity contribution in [3.8, 4) is 0 Å². The second-order valence-electron chi connectivity index (χ2n) is 1.36. The first-order valence-corrected chi connectivity index (χ1v) is 3.22. The molecule has 0 aromatic heterocycles. The van der Waals surface area contributed by atoms with E-state index in [1.807, 2.05) is 28.1 Å². The summed E-state index contributed by atoms with van der Waals surface area (Å²) >= 11 is 2.02. The highest BCUT2D eigenvalue weighted by atomic mass is 127. The van der Waals surface area contributed by atoms with Gasteiger partial charge in [0.15, 0.2) is 0 Å². The van der Waals surface area contributed by atoms with Crippen molar-refractivity contribution in [2.24, 2.45) is 5.73 Å². The predicted octanol–water partition coefficient (Wildman–Crippen LogP) is 0.0735. The Labute approximate surface area is 56.4 Å². The van der Waals surface area contributed by atoms with E-state index in [0.717, 1.165) is 0 Å². The molecule has 0 heterocycles. The molecule has 0 spiro atoms. The molecular formula is C3H9IN2O. The van der Waals surface area contributed by atoms with Gasteiger partial charge in [0.1, 0.15) is 0 Å². The third-order valence-corrected chi connectivity index (χ3v) is 1.76. The quantitative estimate of drug-likeness (QED) is 0.265. The highest BCUT2D eigenvalue weighted by Crippen LogP contribution is 1.95. The van der Waals surface area contributed by atoms with E-state index in [1.165, 1.54) is 0 Å². The molecule has 2 atom stereocenters. The van der Waals surface area contributed by atoms with Crippen molar-refractivity contribution in [2.45, 2.75) is 17.0 Å². The number of rotatable bonds is 2. The Balaban J connectivity index is 3.14. The van der Waals surface area contributed by atoms with Gasteiger partial charge in [0.2, 0.25) is 0 Å². The predicted molar refractivity (Wildman–Crippen MR) is 36.4 cm³/mol. The smallest absolute Gasteiger partial charge is 0.0744 e. The first-order valence-electron chi connectivity index (χ1n) is 1.97. The minimum absolute atomic E-state index is 0.0254. The van der Waals surface area contributed by atoms with Gasteiger partial charge in [0.25, 0.3) is 0 Å². The molecule has 3 nitrogen and oxygen atoms in total. The molecule has 2 unspecified atom stereocenters. The average molecular weight is 216 g/mol. The number of alkyl halides is 1. The lowest BCUT2D eigenvalue weighted by atomic mass is 10.4. The van der Waals surface area contributed by atoms with Crippen molar-refractivity contribution in [3.63, 3.8) is 0 Å². The van der Waals surface area contributed by atoms with Crippen molar-refractivity contribution in [2.75, 3.05) is 0 Å². The van der Waals surface area contributed by atoms with Crippen LogP contribution in [0.1, 0.15) is 6.92 Å². The molecular weight excluding hydrogens is 207 g/mol. The normalized spacial score (nSPS) is 18.9. The van der Waals surface area contributed by atoms with Gasteiger partial charge in [-0.3, -0.25) is 0 Å². The second-order valence-corrected chi connectivity index (χ2v) is 2.80. The van der Waals surface area contributed by atoms with Crippen LogP contribution in [-0.2, 0) is 0 Å². The van der Waals surface area contributed by atoms with E-state index < -0.39 is 0 Å². The van der Waals surface area contributed by atoms with E-state index in [9.17, 15) is 0 Å². The van der Waals surface area contributed by atoms with Crippen LogP contribution in [0.3, 0.4) is 0 Å². The van der Waals surface area contributed by atoms with Gasteiger partial charge >= 0.3 is 0 Å². The molecule has 4 N–H and O–H groups in total. The minimum Gasteiger partial charge on any atom is -0.318 e. The van der Waals surface area contributed by atoms with E-state index in [2.05, 4.69) is 0 Å². The fraction of sp³-hybridized carbons (Fsp3) is 1.00. The summed E-state index contributed by atoms with van der Waals surface area (Å²) in [5.74, 6) is 0. The van der Waals surface area contributed by atoms with Crippen LogP contribution in [0.4, 0.5) is 0 Å². The molecule has 7 heavy (non-hydrogen) atoms. The summed E-state index contributed by atoms with van der Waals surface area (Å²) < 4.78 is -0.0254. The number of nitrogens with two attached hydrogens (primary N) is 1. The first-order chi connectivity index (χ1) is 3.18. The lowest BCUT2D eigenvalue weighted by molar-refractivity contribution is 0.134. The van der Waals surface area contributed by atoms with E-state index in [1.54, 1.807) is 6.92 Å². The van der Waals surface area contributed by atoms with Crippen LogP contribution in [0, 0.1) is 0 Å². The van der Waals surface area contributed by atoms with E-state index in [-0.39, 0.29) is 10.1 Å². The second kappa shape index (κ2) is 3.59. The molecule has 0 radical (unpaired) electrons. The van der Waals surface area contributed by atoms with Crippen molar-refractivity contribution in [1.29, 1.82) is 0 Å². The Morgan fingerprint density at radius 2 is 2.29 bits per heavy atom. The van der Waals surface area contributed by atoms with Gasteiger partial charge in [0, 0.05) is 0 Å². The summed E-state index contributed by atoms with van der Waals surface area (Å²) in [6.45, 7) is 1.80. The number of hydroxylamine groups is 1. The maximum atomic E-state index is 8.17. The molecule has 4 heteroatoms. The highest BCUT2D eigenvalue weighted by Gasteiger charge is 2.04. The Morgan fingerprint density at radius 1 is 1.86 bits per heavy atom. The maximum absolute atomic E-state index is 8.17. The number of nitrogens with one attached hydrogen (secondary N) is 1. The SMILES string of the molecule is CC(NO)C(N)I. The van der Waals surface area contributed by atoms with Crippen molar-refractivity contribution in [1.82, 2.24) is 5.48 Å². The summed E-state index contributed by atoms with van der Waals surface area (Å²) in [5.41, 5.74) is 7.34. The molecule has 0 aliphatic carbocycles. The summed E-state index contributed by atoms with van der Waals surface area (Å²) in [4.78, 5) is 0. The lowest BCUT2D eigenvalue weighted by Crippen LogP contribution is -2.36. The molecule has 0 amide bonds. The van der Waals surface area contributed by atoms with Crippen molar-refractivity contribution >= 4 is 22.6 Å². The fourth-order valence-electron chi connectivity index (χ4n) is 0.0712. The van der Waals surface area contributed by atoms with E-state index in [4.69, 9.17) is 10.9 Å². The maximum Gasteiger partial charge on any atom is 0.0744 e. The largest absolute Gasteiger partial charge is 0.318 e. The topological polar surface area (TPSA) is 58.3 Å². The molecule has 0 aromatic rings. The Hall–Kier alpha value is 0.610. The molecule has 0 saturated heterocycles. The fourth-order valence-corrected chi connectivity index (χ4v) is 0.232. The molecule has 0 aromatic carbocycles. The molecule has 0 fully saturated rings. The van der Waals surface area contributed by atoms with E-state index in [0.29, 0.717) is 0 Å². The van der Waals surface area contributed by atoms with Crippen LogP contribution < -0.4 is 11.2 Å². The Bertz CT molecular complexity index is 50.2. The first kappa shape index (κ1) is 7.61. The zero-order chi connectivity index (χ0) is 5.86. The Morgan fingerprint density at radius 3 is 2.29 bits per heavy atom. The van der Waals surface area contributed by atoms with Gasteiger partial charge in [-0.2, -0.15) is 0 Å². The van der Waals surface area contributed by atoms with Crippen LogP contribution in [0.5, 0.6) is 0 Å². The van der Waals surface area contributed by atoms with Gasteiger partial charge in [-0.25, -0.2) is 5.48 Å². The van der Waals surface area contributed by atoms with Crippen LogP contribution >= 0.6 is 22.6 Å². The third kappa shape index (κ3) is 3.22. The van der Waals surface area contributed by atoms with Gasteiger partial charge in [-0.1, -0.05) is 22.6 Å². The van der Waals surface area contributed by atoms with Crippen LogP contribution in [-0.4, -0.2) is 15.3 Å². The van der Waals surface area contributed by atoms with Crippen LogP contribution in [0.2, 0.25) is 0 Å². The molecule has 0 saturated carbocycles. The third-order valence-electron chi connectivity index (χ3n) is 0.681. The van der Waals surface area contributed by atoms with E-state index >= 15 is 0 Å². The summed E-state index contributed by atoms with van der Waals surface area (Å²) in [6.07, 6.45) is 0. The van der Waals surface area contributed by atoms with Gasteiger partial charge in [0.05, 0.1) is 10.1 Å². The van der Waals surface area contributed by atoms with Gasteiger partial charge < -0.3 is 10.9 Å². The van der Waals surface area contributed by atoms with Crippen molar-refractivity contribution in [3.05, 3.63) is 0 Å².